The van der Waals surface area contributed by atoms with E-state index >= 15 is 0 Å². The van der Waals surface area contributed by atoms with Gasteiger partial charge in [-0.05, 0) is 98.4 Å². The van der Waals surface area contributed by atoms with Crippen LogP contribution in [0.25, 0.3) is 0 Å². The van der Waals surface area contributed by atoms with Crippen molar-refractivity contribution in [1.29, 1.82) is 0 Å². The SMILES string of the molecule is CC(C)(C)[Si](C)(C)OCCCCc1ccc(CO)cc1.Cc1ccc(CCCCO[Si](C)(C)C(C)(C)C)cc1.O=C=O. The van der Waals surface area contributed by atoms with Crippen LogP contribution in [0.2, 0.25) is 36.3 Å². The van der Waals surface area contributed by atoms with Gasteiger partial charge in [-0.1, -0.05) is 95.6 Å². The van der Waals surface area contributed by atoms with Gasteiger partial charge in [-0.3, -0.25) is 0 Å². The summed E-state index contributed by atoms with van der Waals surface area (Å²) in [4.78, 5) is 16.2. The van der Waals surface area contributed by atoms with Crippen LogP contribution in [0.1, 0.15) is 89.5 Å². The lowest BCUT2D eigenvalue weighted by Crippen LogP contribution is -2.40. The maximum atomic E-state index is 9.00. The van der Waals surface area contributed by atoms with E-state index in [-0.39, 0.29) is 12.8 Å². The highest BCUT2D eigenvalue weighted by Gasteiger charge is 2.37. The van der Waals surface area contributed by atoms with E-state index in [2.05, 4.69) is 111 Å². The summed E-state index contributed by atoms with van der Waals surface area (Å²) >= 11 is 0. The van der Waals surface area contributed by atoms with Crippen LogP contribution in [0, 0.1) is 6.92 Å². The van der Waals surface area contributed by atoms with E-state index in [0.717, 1.165) is 38.0 Å². The molecule has 0 bridgehead atoms. The molecule has 0 spiro atoms. The van der Waals surface area contributed by atoms with E-state index in [4.69, 9.17) is 23.5 Å². The van der Waals surface area contributed by atoms with Crippen LogP contribution in [0.5, 0.6) is 0 Å². The van der Waals surface area contributed by atoms with Crippen molar-refractivity contribution in [2.24, 2.45) is 0 Å². The third-order valence-corrected chi connectivity index (χ3v) is 17.7. The standard InChI is InChI=1S/C17H30O2Si.C17H30OSi.CO2/c1-17(2,3)20(4,5)19-13-7-6-8-15-9-11-16(14-18)12-10-15;1-15-10-12-16(13-11-15)9-7-8-14-18-19(5,6)17(2,3)4;2-1-3/h9-12,18H,6-8,13-14H2,1-5H3;10-13H,7-9,14H2,1-6H3;. The van der Waals surface area contributed by atoms with Crippen LogP contribution >= 0.6 is 0 Å². The third kappa shape index (κ3) is 16.7. The van der Waals surface area contributed by atoms with Gasteiger partial charge < -0.3 is 14.0 Å². The van der Waals surface area contributed by atoms with Crippen molar-refractivity contribution in [3.05, 3.63) is 70.8 Å². The van der Waals surface area contributed by atoms with E-state index < -0.39 is 16.6 Å². The summed E-state index contributed by atoms with van der Waals surface area (Å²) in [5.41, 5.74) is 5.10. The molecule has 0 aliphatic heterocycles. The molecule has 5 nitrogen and oxygen atoms in total. The van der Waals surface area contributed by atoms with Gasteiger partial charge in [0, 0.05) is 13.2 Å². The van der Waals surface area contributed by atoms with Crippen LogP contribution in [0.15, 0.2) is 48.5 Å². The molecule has 2 aromatic rings. The van der Waals surface area contributed by atoms with Gasteiger partial charge >= 0.3 is 6.15 Å². The Morgan fingerprint density at radius 2 is 0.929 bits per heavy atom. The molecule has 0 saturated heterocycles. The van der Waals surface area contributed by atoms with Crippen molar-refractivity contribution in [2.75, 3.05) is 13.2 Å². The van der Waals surface area contributed by atoms with Gasteiger partial charge in [0.25, 0.3) is 0 Å². The molecule has 0 aromatic heterocycles. The van der Waals surface area contributed by atoms with E-state index in [1.807, 2.05) is 12.1 Å². The van der Waals surface area contributed by atoms with E-state index in [1.165, 1.54) is 36.0 Å². The zero-order valence-electron chi connectivity index (χ0n) is 28.6. The minimum absolute atomic E-state index is 0.126. The van der Waals surface area contributed by atoms with Gasteiger partial charge in [0.1, 0.15) is 0 Å². The Morgan fingerprint density at radius 1 is 0.619 bits per heavy atom. The topological polar surface area (TPSA) is 72.8 Å². The van der Waals surface area contributed by atoms with Gasteiger partial charge in [-0.25, -0.2) is 0 Å². The summed E-state index contributed by atoms with van der Waals surface area (Å²) < 4.78 is 12.4. The Hall–Kier alpha value is -1.87. The molecule has 0 radical (unpaired) electrons. The minimum atomic E-state index is -1.57. The molecule has 0 aliphatic carbocycles. The number of aliphatic hydroxyl groups excluding tert-OH is 1. The Balaban J connectivity index is 0.000000732. The number of aryl methyl sites for hydroxylation is 3. The average molecular weight is 617 g/mol. The maximum Gasteiger partial charge on any atom is 0.373 e. The summed E-state index contributed by atoms with van der Waals surface area (Å²) in [6.45, 7) is 27.1. The molecule has 1 N–H and O–H groups in total. The first-order chi connectivity index (χ1) is 19.4. The van der Waals surface area contributed by atoms with Crippen molar-refractivity contribution in [3.8, 4) is 0 Å². The number of hydrogen-bond acceptors (Lipinski definition) is 5. The van der Waals surface area contributed by atoms with Crippen LogP contribution in [0.3, 0.4) is 0 Å². The molecule has 0 heterocycles. The maximum absolute atomic E-state index is 9.00. The number of aliphatic hydroxyl groups is 1. The molecule has 42 heavy (non-hydrogen) atoms. The Bertz CT molecular complexity index is 1010. The van der Waals surface area contributed by atoms with Crippen molar-refractivity contribution >= 4 is 22.8 Å². The summed E-state index contributed by atoms with van der Waals surface area (Å²) in [6, 6.07) is 17.1. The Morgan fingerprint density at radius 3 is 1.24 bits per heavy atom. The summed E-state index contributed by atoms with van der Waals surface area (Å²) in [6.07, 6.45) is 7.17. The van der Waals surface area contributed by atoms with Gasteiger partial charge in [0.15, 0.2) is 16.6 Å². The largest absolute Gasteiger partial charge is 0.417 e. The number of hydrogen-bond donors (Lipinski definition) is 1. The number of unbranched alkanes of at least 4 members (excludes halogenated alkanes) is 2. The first-order valence-corrected chi connectivity index (χ1v) is 21.2. The van der Waals surface area contributed by atoms with Crippen LogP contribution in [-0.2, 0) is 37.9 Å². The second-order valence-electron chi connectivity index (χ2n) is 14.2. The minimum Gasteiger partial charge on any atom is -0.417 e. The number of benzene rings is 2. The predicted molar refractivity (Wildman–Crippen MR) is 181 cm³/mol. The highest BCUT2D eigenvalue weighted by molar-refractivity contribution is 6.74. The average Bonchev–Trinajstić information content (AvgIpc) is 2.89. The number of carbonyl (C=O) groups excluding carboxylic acids is 2. The third-order valence-electron chi connectivity index (χ3n) is 8.58. The lowest BCUT2D eigenvalue weighted by molar-refractivity contribution is -0.191. The zero-order chi connectivity index (χ0) is 32.5. The quantitative estimate of drug-likeness (QED) is 0.179. The van der Waals surface area contributed by atoms with Gasteiger partial charge in [-0.2, -0.15) is 9.59 Å². The lowest BCUT2D eigenvalue weighted by atomic mass is 10.1. The van der Waals surface area contributed by atoms with Crippen molar-refractivity contribution < 1.29 is 23.5 Å². The molecule has 2 rings (SSSR count). The fourth-order valence-electron chi connectivity index (χ4n) is 3.52. The first-order valence-electron chi connectivity index (χ1n) is 15.4. The van der Waals surface area contributed by atoms with Crippen LogP contribution < -0.4 is 0 Å². The fraction of sp³-hybridized carbons (Fsp3) is 0.629. The number of rotatable bonds is 13. The normalized spacial score (nSPS) is 12.0. The molecule has 7 heteroatoms. The van der Waals surface area contributed by atoms with Gasteiger partial charge in [-0.15, -0.1) is 0 Å². The molecular formula is C35H60O5Si2. The fourth-order valence-corrected chi connectivity index (χ4v) is 5.69. The molecule has 238 valence electrons. The molecule has 2 aromatic carbocycles. The molecule has 0 unspecified atom stereocenters. The van der Waals surface area contributed by atoms with Crippen molar-refractivity contribution in [1.82, 2.24) is 0 Å². The van der Waals surface area contributed by atoms with Gasteiger partial charge in [0.05, 0.1) is 6.61 Å². The summed E-state index contributed by atoms with van der Waals surface area (Å²) in [5.74, 6) is 0. The van der Waals surface area contributed by atoms with Crippen molar-refractivity contribution in [3.63, 3.8) is 0 Å². The summed E-state index contributed by atoms with van der Waals surface area (Å²) in [7, 11) is -3.12. The predicted octanol–water partition coefficient (Wildman–Crippen LogP) is 9.28. The molecule has 0 aliphatic rings. The first kappa shape index (κ1) is 40.1. The van der Waals surface area contributed by atoms with E-state index in [1.54, 1.807) is 0 Å². The highest BCUT2D eigenvalue weighted by Crippen LogP contribution is 2.37. The van der Waals surface area contributed by atoms with Gasteiger partial charge in [0.2, 0.25) is 0 Å². The molecule has 0 amide bonds. The second kappa shape index (κ2) is 19.4. The molecular weight excluding hydrogens is 557 g/mol. The molecule has 0 fully saturated rings. The summed E-state index contributed by atoms with van der Waals surface area (Å²) in [5, 5.41) is 9.63. The monoisotopic (exact) mass is 616 g/mol. The Labute approximate surface area is 259 Å². The van der Waals surface area contributed by atoms with E-state index in [9.17, 15) is 0 Å². The highest BCUT2D eigenvalue weighted by atomic mass is 28.4. The van der Waals surface area contributed by atoms with Crippen LogP contribution in [0.4, 0.5) is 0 Å². The lowest BCUT2D eigenvalue weighted by Gasteiger charge is -2.36. The van der Waals surface area contributed by atoms with Crippen LogP contribution in [-0.4, -0.2) is 41.1 Å². The van der Waals surface area contributed by atoms with Crippen molar-refractivity contribution in [2.45, 2.75) is 130 Å². The van der Waals surface area contributed by atoms with E-state index in [0.29, 0.717) is 10.1 Å². The smallest absolute Gasteiger partial charge is 0.373 e. The zero-order valence-corrected chi connectivity index (χ0v) is 30.6. The molecule has 0 saturated carbocycles. The second-order valence-corrected chi connectivity index (χ2v) is 23.8. The molecule has 0 atom stereocenters. The Kier molecular flexibility index (Phi) is 18.6.